The van der Waals surface area contributed by atoms with E-state index < -0.39 is 0 Å². The van der Waals surface area contributed by atoms with E-state index in [9.17, 15) is 14.0 Å². The Hall–Kier alpha value is -3.39. The number of hydrogen-bond acceptors (Lipinski definition) is 4. The molecular weight excluding hydrogens is 425 g/mol. The van der Waals surface area contributed by atoms with Gasteiger partial charge in [-0.15, -0.1) is 0 Å². The van der Waals surface area contributed by atoms with Gasteiger partial charge >= 0.3 is 6.09 Å². The van der Waals surface area contributed by atoms with E-state index >= 15 is 0 Å². The fraction of sp³-hybridized carbons (Fsp3) is 0.360. The summed E-state index contributed by atoms with van der Waals surface area (Å²) in [7, 11) is 0. The molecule has 2 aromatic carbocycles. The van der Waals surface area contributed by atoms with Gasteiger partial charge in [0.15, 0.2) is 0 Å². The van der Waals surface area contributed by atoms with Crippen LogP contribution in [-0.2, 0) is 27.3 Å². The Bertz CT molecular complexity index is 1080. The molecule has 4 rings (SSSR count). The van der Waals surface area contributed by atoms with Crippen molar-refractivity contribution in [1.82, 2.24) is 15.2 Å². The first-order valence-electron chi connectivity index (χ1n) is 11.1. The van der Waals surface area contributed by atoms with E-state index in [4.69, 9.17) is 9.47 Å². The van der Waals surface area contributed by atoms with E-state index in [1.807, 2.05) is 24.4 Å². The number of nitrogens with one attached hydrogen (secondary N) is 2. The van der Waals surface area contributed by atoms with Crippen LogP contribution in [0.5, 0.6) is 0 Å². The number of para-hydroxylation sites is 1. The van der Waals surface area contributed by atoms with Crippen LogP contribution in [0.4, 0.5) is 9.18 Å². The van der Waals surface area contributed by atoms with Crippen LogP contribution in [0.3, 0.4) is 0 Å². The van der Waals surface area contributed by atoms with E-state index in [0.717, 1.165) is 28.5 Å². The van der Waals surface area contributed by atoms with Crippen molar-refractivity contribution in [3.63, 3.8) is 0 Å². The minimum absolute atomic E-state index is 0.0658. The molecule has 1 atom stereocenters. The molecule has 0 aliphatic carbocycles. The number of amides is 2. The predicted molar refractivity (Wildman–Crippen MR) is 122 cm³/mol. The maximum atomic E-state index is 12.9. The zero-order valence-electron chi connectivity index (χ0n) is 18.4. The van der Waals surface area contributed by atoms with Crippen molar-refractivity contribution in [2.75, 3.05) is 32.8 Å². The van der Waals surface area contributed by atoms with Gasteiger partial charge in [0.05, 0.1) is 13.2 Å². The summed E-state index contributed by atoms with van der Waals surface area (Å²) in [4.78, 5) is 29.3. The van der Waals surface area contributed by atoms with Crippen LogP contribution >= 0.6 is 0 Å². The molecule has 7 nitrogen and oxygen atoms in total. The number of hydrogen-bond donors (Lipinski definition) is 2. The molecule has 0 saturated carbocycles. The maximum absolute atomic E-state index is 12.9. The second kappa shape index (κ2) is 11.0. The van der Waals surface area contributed by atoms with E-state index in [-0.39, 0.29) is 36.9 Å². The molecule has 0 bridgehead atoms. The van der Waals surface area contributed by atoms with Crippen LogP contribution in [0, 0.1) is 11.7 Å². The third-order valence-electron chi connectivity index (χ3n) is 5.82. The molecule has 1 fully saturated rings. The molecule has 2 N–H and O–H groups in total. The normalized spacial score (nSPS) is 15.7. The highest BCUT2D eigenvalue weighted by atomic mass is 19.1. The van der Waals surface area contributed by atoms with Crippen molar-refractivity contribution in [3.05, 3.63) is 71.7 Å². The number of likely N-dealkylation sites (tertiary alicyclic amines) is 1. The first kappa shape index (κ1) is 22.8. The lowest BCUT2D eigenvalue weighted by molar-refractivity contribution is -0.126. The van der Waals surface area contributed by atoms with Gasteiger partial charge < -0.3 is 24.7 Å². The van der Waals surface area contributed by atoms with Gasteiger partial charge in [-0.05, 0) is 41.7 Å². The van der Waals surface area contributed by atoms with Gasteiger partial charge in [0, 0.05) is 43.2 Å². The van der Waals surface area contributed by atoms with Crippen LogP contribution in [0.1, 0.15) is 17.5 Å². The van der Waals surface area contributed by atoms with Crippen molar-refractivity contribution in [1.29, 1.82) is 0 Å². The first-order chi connectivity index (χ1) is 16.1. The number of fused-ring (bicyclic) bond motifs is 1. The van der Waals surface area contributed by atoms with Crippen molar-refractivity contribution in [2.45, 2.75) is 19.4 Å². The van der Waals surface area contributed by atoms with E-state index in [1.165, 1.54) is 12.1 Å². The van der Waals surface area contributed by atoms with E-state index in [1.54, 1.807) is 17.0 Å². The van der Waals surface area contributed by atoms with Gasteiger partial charge in [-0.3, -0.25) is 4.79 Å². The second-order valence-electron chi connectivity index (χ2n) is 8.25. The molecule has 2 heterocycles. The Morgan fingerprint density at radius 3 is 2.82 bits per heavy atom. The lowest BCUT2D eigenvalue weighted by atomic mass is 10.1. The average molecular weight is 454 g/mol. The monoisotopic (exact) mass is 453 g/mol. The number of H-pyrrole nitrogens is 1. The van der Waals surface area contributed by atoms with Crippen LogP contribution in [0.15, 0.2) is 54.7 Å². The standard InChI is InChI=1S/C25H28FN3O4/c26-21-7-5-18(6-8-21)16-32-17-24(30)28-13-19-9-11-29(15-19)25(31)33-12-10-20-14-27-23-4-2-1-3-22(20)23/h1-8,14,19,27H,9-13,15-17H2,(H,28,30). The molecule has 0 spiro atoms. The second-order valence-corrected chi connectivity index (χ2v) is 8.25. The molecule has 1 aromatic heterocycles. The Morgan fingerprint density at radius 2 is 1.97 bits per heavy atom. The molecule has 1 aliphatic rings. The summed E-state index contributed by atoms with van der Waals surface area (Å²) >= 11 is 0. The van der Waals surface area contributed by atoms with Crippen molar-refractivity contribution in [3.8, 4) is 0 Å². The molecule has 1 aliphatic heterocycles. The topological polar surface area (TPSA) is 83.7 Å². The summed E-state index contributed by atoms with van der Waals surface area (Å²) < 4.78 is 23.7. The number of carbonyl (C=O) groups is 2. The molecule has 174 valence electrons. The Morgan fingerprint density at radius 1 is 1.15 bits per heavy atom. The summed E-state index contributed by atoms with van der Waals surface area (Å²) in [6, 6.07) is 14.0. The molecule has 2 amide bonds. The number of benzene rings is 2. The smallest absolute Gasteiger partial charge is 0.409 e. The highest BCUT2D eigenvalue weighted by Gasteiger charge is 2.27. The van der Waals surface area contributed by atoms with Crippen molar-refractivity contribution < 1.29 is 23.5 Å². The van der Waals surface area contributed by atoms with Crippen LogP contribution in [-0.4, -0.2) is 54.7 Å². The molecule has 0 radical (unpaired) electrons. The predicted octanol–water partition coefficient (Wildman–Crippen LogP) is 3.64. The summed E-state index contributed by atoms with van der Waals surface area (Å²) in [5, 5.41) is 4.00. The third kappa shape index (κ3) is 6.32. The van der Waals surface area contributed by atoms with Crippen molar-refractivity contribution >= 4 is 22.9 Å². The zero-order valence-corrected chi connectivity index (χ0v) is 18.4. The molecule has 3 aromatic rings. The van der Waals surface area contributed by atoms with Crippen molar-refractivity contribution in [2.24, 2.45) is 5.92 Å². The summed E-state index contributed by atoms with van der Waals surface area (Å²) in [6.45, 7) is 2.16. The number of nitrogens with zero attached hydrogens (tertiary/aromatic N) is 1. The molecule has 1 unspecified atom stereocenters. The number of rotatable bonds is 9. The highest BCUT2D eigenvalue weighted by molar-refractivity contribution is 5.83. The van der Waals surface area contributed by atoms with Crippen LogP contribution in [0.25, 0.3) is 10.9 Å². The van der Waals surface area contributed by atoms with E-state index in [2.05, 4.69) is 16.4 Å². The number of carbonyl (C=O) groups excluding carboxylic acids is 2. The van der Waals surface area contributed by atoms with Crippen LogP contribution in [0.2, 0.25) is 0 Å². The molecular formula is C25H28FN3O4. The van der Waals surface area contributed by atoms with Gasteiger partial charge in [0.25, 0.3) is 0 Å². The number of aromatic nitrogens is 1. The summed E-state index contributed by atoms with van der Waals surface area (Å²) in [5.74, 6) is -0.329. The van der Waals surface area contributed by atoms with Gasteiger partial charge in [-0.1, -0.05) is 30.3 Å². The lowest BCUT2D eigenvalue weighted by Crippen LogP contribution is -2.35. The Balaban J connectivity index is 1.11. The van der Waals surface area contributed by atoms with Gasteiger partial charge in [-0.25, -0.2) is 9.18 Å². The van der Waals surface area contributed by atoms with Gasteiger partial charge in [0.1, 0.15) is 12.4 Å². The molecule has 1 saturated heterocycles. The third-order valence-corrected chi connectivity index (χ3v) is 5.82. The van der Waals surface area contributed by atoms with Gasteiger partial charge in [-0.2, -0.15) is 0 Å². The zero-order chi connectivity index (χ0) is 23.0. The first-order valence-corrected chi connectivity index (χ1v) is 11.1. The SMILES string of the molecule is O=C(COCc1ccc(F)cc1)NCC1CCN(C(=O)OCCc2c[nH]c3ccccc23)C1. The highest BCUT2D eigenvalue weighted by Crippen LogP contribution is 2.19. The quantitative estimate of drug-likeness (QED) is 0.518. The maximum Gasteiger partial charge on any atom is 0.409 e. The Labute approximate surface area is 191 Å². The van der Waals surface area contributed by atoms with E-state index in [0.29, 0.717) is 32.7 Å². The minimum atomic E-state index is -0.314. The number of halogens is 1. The van der Waals surface area contributed by atoms with Gasteiger partial charge in [0.2, 0.25) is 5.91 Å². The minimum Gasteiger partial charge on any atom is -0.449 e. The molecule has 33 heavy (non-hydrogen) atoms. The fourth-order valence-corrected chi connectivity index (χ4v) is 3.99. The molecule has 8 heteroatoms. The number of ether oxygens (including phenoxy) is 2. The fourth-order valence-electron chi connectivity index (χ4n) is 3.99. The summed E-state index contributed by atoms with van der Waals surface area (Å²) in [5.41, 5.74) is 3.00. The number of aromatic amines is 1. The Kier molecular flexibility index (Phi) is 7.57. The lowest BCUT2D eigenvalue weighted by Gasteiger charge is -2.16. The largest absolute Gasteiger partial charge is 0.449 e. The van der Waals surface area contributed by atoms with Crippen LogP contribution < -0.4 is 5.32 Å². The average Bonchev–Trinajstić information content (AvgIpc) is 3.47. The summed E-state index contributed by atoms with van der Waals surface area (Å²) in [6.07, 6.45) is 3.11.